The van der Waals surface area contributed by atoms with Gasteiger partial charge in [0.2, 0.25) is 15.1 Å². The number of hydrogen-bond acceptors (Lipinski definition) is 4. The summed E-state index contributed by atoms with van der Waals surface area (Å²) in [6, 6.07) is 2.65. The van der Waals surface area contributed by atoms with Gasteiger partial charge in [0, 0.05) is 5.41 Å². The Labute approximate surface area is 58.9 Å². The molecule has 0 atom stereocenters. The molecule has 0 radical (unpaired) electrons. The fourth-order valence-electron chi connectivity index (χ4n) is 0.272. The monoisotopic (exact) mass is 156 g/mol. The van der Waals surface area contributed by atoms with E-state index in [0.29, 0.717) is 5.41 Å². The number of nitriles is 2. The number of hydrogen-bond donors (Lipinski definition) is 0. The van der Waals surface area contributed by atoms with E-state index in [2.05, 4.69) is 6.58 Å². The molecule has 0 aromatic rings. The van der Waals surface area contributed by atoms with E-state index in [1.54, 1.807) is 0 Å². The van der Waals surface area contributed by atoms with Gasteiger partial charge in [0.25, 0.3) is 0 Å². The van der Waals surface area contributed by atoms with E-state index in [-0.39, 0.29) is 0 Å². The van der Waals surface area contributed by atoms with Gasteiger partial charge in [0.1, 0.15) is 0 Å². The molecule has 0 N–H and O–H groups in total. The third-order valence-corrected chi connectivity index (χ3v) is 2.13. The van der Waals surface area contributed by atoms with Crippen molar-refractivity contribution in [2.75, 3.05) is 0 Å². The Morgan fingerprint density at radius 1 is 1.40 bits per heavy atom. The minimum absolute atomic E-state index is 0.601. The van der Waals surface area contributed by atoms with E-state index in [1.807, 2.05) is 0 Å². The molecule has 10 heavy (non-hydrogen) atoms. The van der Waals surface area contributed by atoms with E-state index in [9.17, 15) is 8.42 Å². The number of nitrogens with zero attached hydrogens (tertiary/aromatic N) is 2. The predicted molar refractivity (Wildman–Crippen MR) is 34.1 cm³/mol. The molecule has 0 rings (SSSR count). The van der Waals surface area contributed by atoms with Crippen LogP contribution in [-0.4, -0.2) is 13.7 Å². The largest absolute Gasteiger partial charge is 0.237 e. The van der Waals surface area contributed by atoms with Crippen LogP contribution < -0.4 is 0 Å². The summed E-state index contributed by atoms with van der Waals surface area (Å²) >= 11 is 0. The van der Waals surface area contributed by atoms with E-state index in [1.165, 1.54) is 12.1 Å². The first kappa shape index (κ1) is 8.67. The van der Waals surface area contributed by atoms with Crippen LogP contribution >= 0.6 is 0 Å². The fraction of sp³-hybridized carbons (Fsp3) is 0.200. The molecule has 0 aliphatic carbocycles. The van der Waals surface area contributed by atoms with Crippen LogP contribution in [0.25, 0.3) is 0 Å². The Morgan fingerprint density at radius 2 is 1.80 bits per heavy atom. The lowest BCUT2D eigenvalue weighted by molar-refractivity contribution is 0.604. The Bertz CT molecular complexity index is 290. The van der Waals surface area contributed by atoms with Crippen molar-refractivity contribution in [3.05, 3.63) is 12.0 Å². The highest BCUT2D eigenvalue weighted by Crippen LogP contribution is 1.99. The summed E-state index contributed by atoms with van der Waals surface area (Å²) in [6.45, 7) is 2.96. The lowest BCUT2D eigenvalue weighted by atomic mass is 10.5. The van der Waals surface area contributed by atoms with Crippen molar-refractivity contribution in [3.8, 4) is 12.1 Å². The predicted octanol–water partition coefficient (Wildman–Crippen LogP) is -0.0395. The smallest absolute Gasteiger partial charge is 0.222 e. The Morgan fingerprint density at radius 3 is 1.90 bits per heavy atom. The molecule has 0 heterocycles. The summed E-state index contributed by atoms with van der Waals surface area (Å²) in [5.41, 5.74) is 0. The average Bonchev–Trinajstić information content (AvgIpc) is 1.90. The van der Waals surface area contributed by atoms with Crippen LogP contribution in [0.3, 0.4) is 0 Å². The molecule has 5 heteroatoms. The van der Waals surface area contributed by atoms with Gasteiger partial charge in [0.15, 0.2) is 0 Å². The van der Waals surface area contributed by atoms with Crippen LogP contribution in [0.2, 0.25) is 0 Å². The molecular weight excluding hydrogens is 152 g/mol. The highest BCUT2D eigenvalue weighted by atomic mass is 32.2. The van der Waals surface area contributed by atoms with Crippen molar-refractivity contribution >= 4 is 9.84 Å². The average molecular weight is 156 g/mol. The van der Waals surface area contributed by atoms with Crippen LogP contribution in [0, 0.1) is 22.7 Å². The van der Waals surface area contributed by atoms with Gasteiger partial charge >= 0.3 is 0 Å². The van der Waals surface area contributed by atoms with Crippen molar-refractivity contribution in [3.63, 3.8) is 0 Å². The van der Waals surface area contributed by atoms with Gasteiger partial charge in [-0.1, -0.05) is 6.58 Å². The third kappa shape index (κ3) is 1.57. The zero-order chi connectivity index (χ0) is 8.20. The van der Waals surface area contributed by atoms with Crippen molar-refractivity contribution in [2.24, 2.45) is 0 Å². The minimum Gasteiger partial charge on any atom is -0.222 e. The Kier molecular flexibility index (Phi) is 2.60. The van der Waals surface area contributed by atoms with E-state index in [0.717, 1.165) is 0 Å². The molecule has 0 unspecified atom stereocenters. The normalized spacial score (nSPS) is 9.90. The first-order chi connectivity index (χ1) is 4.58. The van der Waals surface area contributed by atoms with Crippen molar-refractivity contribution < 1.29 is 8.42 Å². The maximum absolute atomic E-state index is 10.6. The second-order valence-electron chi connectivity index (χ2n) is 1.39. The van der Waals surface area contributed by atoms with Gasteiger partial charge in [0.05, 0.1) is 12.1 Å². The lowest BCUT2D eigenvalue weighted by Gasteiger charge is -1.92. The van der Waals surface area contributed by atoms with Crippen molar-refractivity contribution in [2.45, 2.75) is 5.25 Å². The van der Waals surface area contributed by atoms with E-state index >= 15 is 0 Å². The standard InChI is InChI=1S/C5H4N2O2S/c1-2-10(8,9)5(3-6)4-7/h2,5H,1H2. The third-order valence-electron chi connectivity index (χ3n) is 0.795. The van der Waals surface area contributed by atoms with Gasteiger partial charge in [-0.2, -0.15) is 10.5 Å². The summed E-state index contributed by atoms with van der Waals surface area (Å²) in [5.74, 6) is 0. The molecule has 0 spiro atoms. The molecule has 4 nitrogen and oxygen atoms in total. The van der Waals surface area contributed by atoms with Crippen LogP contribution in [0.5, 0.6) is 0 Å². The van der Waals surface area contributed by atoms with E-state index < -0.39 is 15.1 Å². The molecule has 0 aliphatic heterocycles. The molecule has 0 saturated carbocycles. The van der Waals surface area contributed by atoms with Crippen LogP contribution in [0.15, 0.2) is 12.0 Å². The fourth-order valence-corrected chi connectivity index (χ4v) is 0.758. The van der Waals surface area contributed by atoms with Crippen LogP contribution in [-0.2, 0) is 9.84 Å². The molecule has 52 valence electrons. The number of sulfone groups is 1. The zero-order valence-electron chi connectivity index (χ0n) is 4.98. The molecule has 0 bridgehead atoms. The highest BCUT2D eigenvalue weighted by molar-refractivity contribution is 7.95. The second kappa shape index (κ2) is 3.00. The van der Waals surface area contributed by atoms with Gasteiger partial charge in [-0.3, -0.25) is 0 Å². The molecular formula is C5H4N2O2S. The molecule has 0 aliphatic rings. The molecule has 0 fully saturated rings. The molecule has 0 amide bonds. The summed E-state index contributed by atoms with van der Waals surface area (Å²) in [5, 5.41) is 15.2. The molecule has 0 aromatic heterocycles. The summed E-state index contributed by atoms with van der Waals surface area (Å²) in [6.07, 6.45) is 0. The minimum atomic E-state index is -3.72. The summed E-state index contributed by atoms with van der Waals surface area (Å²) in [4.78, 5) is 0. The number of rotatable bonds is 2. The van der Waals surface area contributed by atoms with E-state index in [4.69, 9.17) is 10.5 Å². The van der Waals surface area contributed by atoms with Crippen LogP contribution in [0.1, 0.15) is 0 Å². The van der Waals surface area contributed by atoms with Gasteiger partial charge in [-0.05, 0) is 0 Å². The molecule has 0 saturated heterocycles. The first-order valence-corrected chi connectivity index (χ1v) is 3.85. The van der Waals surface area contributed by atoms with Gasteiger partial charge < -0.3 is 0 Å². The lowest BCUT2D eigenvalue weighted by Crippen LogP contribution is -2.13. The Balaban J connectivity index is 4.89. The second-order valence-corrected chi connectivity index (χ2v) is 3.38. The first-order valence-electron chi connectivity index (χ1n) is 2.24. The van der Waals surface area contributed by atoms with Crippen molar-refractivity contribution in [1.82, 2.24) is 0 Å². The SMILES string of the molecule is C=CS(=O)(=O)C(C#N)C#N. The zero-order valence-corrected chi connectivity index (χ0v) is 5.80. The van der Waals surface area contributed by atoms with Crippen molar-refractivity contribution in [1.29, 1.82) is 10.5 Å². The summed E-state index contributed by atoms with van der Waals surface area (Å²) < 4.78 is 21.2. The molecule has 0 aromatic carbocycles. The van der Waals surface area contributed by atoms with Gasteiger partial charge in [-0.15, -0.1) is 0 Å². The maximum atomic E-state index is 10.6. The quantitative estimate of drug-likeness (QED) is 0.561. The maximum Gasteiger partial charge on any atom is 0.237 e. The highest BCUT2D eigenvalue weighted by Gasteiger charge is 2.20. The topological polar surface area (TPSA) is 81.7 Å². The van der Waals surface area contributed by atoms with Crippen LogP contribution in [0.4, 0.5) is 0 Å². The Hall–Kier alpha value is -1.33. The summed E-state index contributed by atoms with van der Waals surface area (Å²) in [7, 11) is -3.72. The van der Waals surface area contributed by atoms with Gasteiger partial charge in [-0.25, -0.2) is 8.42 Å².